The Morgan fingerprint density at radius 3 is 2.75 bits per heavy atom. The average Bonchev–Trinajstić information content (AvgIpc) is 3.07. The van der Waals surface area contributed by atoms with Crippen molar-refractivity contribution in [1.82, 2.24) is 5.32 Å². The maximum Gasteiger partial charge on any atom is 0.0928 e. The normalized spacial score (nSPS) is 31.4. The summed E-state index contributed by atoms with van der Waals surface area (Å²) >= 11 is 6.13. The Balaban J connectivity index is 1.53. The van der Waals surface area contributed by atoms with Crippen molar-refractivity contribution in [2.75, 3.05) is 6.54 Å². The van der Waals surface area contributed by atoms with Gasteiger partial charge in [-0.1, -0.05) is 36.2 Å². The minimum absolute atomic E-state index is 0.488. The Morgan fingerprint density at radius 1 is 1.30 bits per heavy atom. The molecule has 5 atom stereocenters. The van der Waals surface area contributed by atoms with Gasteiger partial charge >= 0.3 is 0 Å². The van der Waals surface area contributed by atoms with Gasteiger partial charge in [0, 0.05) is 23.2 Å². The predicted molar refractivity (Wildman–Crippen MR) is 82.8 cm³/mol. The van der Waals surface area contributed by atoms with Gasteiger partial charge in [0.05, 0.1) is 6.10 Å². The second-order valence-electron chi connectivity index (χ2n) is 6.57. The number of rotatable bonds is 5. The molecule has 2 saturated carbocycles. The molecule has 0 heterocycles. The van der Waals surface area contributed by atoms with E-state index in [0.29, 0.717) is 17.6 Å². The number of nitrogens with one attached hydrogen (secondary N) is 1. The van der Waals surface area contributed by atoms with E-state index in [2.05, 4.69) is 12.2 Å². The van der Waals surface area contributed by atoms with Crippen molar-refractivity contribution >= 4 is 11.6 Å². The molecule has 0 aliphatic heterocycles. The molecular formula is C17H24ClNO. The summed E-state index contributed by atoms with van der Waals surface area (Å²) in [6.07, 6.45) is 5.14. The number of halogens is 1. The molecule has 2 aliphatic carbocycles. The molecule has 2 aliphatic rings. The van der Waals surface area contributed by atoms with Crippen molar-refractivity contribution in [3.63, 3.8) is 0 Å². The first-order valence-electron chi connectivity index (χ1n) is 7.81. The standard InChI is InChI=1S/C17H24ClNO/c1-11(15-9-12-6-7-13(15)8-12)19-10-17(20)14-4-2-3-5-16(14)18/h2-5,11-13,15,17,19-20H,6-10H2,1H3. The molecule has 2 N–H and O–H groups in total. The van der Waals surface area contributed by atoms with E-state index in [4.69, 9.17) is 11.6 Å². The molecule has 3 heteroatoms. The van der Waals surface area contributed by atoms with E-state index < -0.39 is 6.10 Å². The van der Waals surface area contributed by atoms with Gasteiger partial charge in [-0.15, -0.1) is 0 Å². The molecule has 0 aromatic heterocycles. The van der Waals surface area contributed by atoms with E-state index in [9.17, 15) is 5.11 Å². The van der Waals surface area contributed by atoms with Crippen LogP contribution in [0.25, 0.3) is 0 Å². The molecule has 0 amide bonds. The SMILES string of the molecule is CC(NCC(O)c1ccccc1Cl)C1CC2CCC1C2. The third kappa shape index (κ3) is 2.88. The van der Waals surface area contributed by atoms with Crippen LogP contribution in [0.2, 0.25) is 5.02 Å². The molecule has 0 radical (unpaired) electrons. The lowest BCUT2D eigenvalue weighted by Crippen LogP contribution is -2.38. The lowest BCUT2D eigenvalue weighted by atomic mass is 9.84. The van der Waals surface area contributed by atoms with Crippen molar-refractivity contribution in [3.05, 3.63) is 34.9 Å². The highest BCUT2D eigenvalue weighted by Gasteiger charge is 2.41. The van der Waals surface area contributed by atoms with Crippen molar-refractivity contribution in [3.8, 4) is 0 Å². The van der Waals surface area contributed by atoms with Gasteiger partial charge in [-0.25, -0.2) is 0 Å². The van der Waals surface area contributed by atoms with E-state index in [0.717, 1.165) is 23.3 Å². The third-order valence-electron chi connectivity index (χ3n) is 5.33. The first-order chi connectivity index (χ1) is 9.65. The van der Waals surface area contributed by atoms with Gasteiger partial charge in [0.25, 0.3) is 0 Å². The summed E-state index contributed by atoms with van der Waals surface area (Å²) in [5.41, 5.74) is 0.821. The quantitative estimate of drug-likeness (QED) is 0.866. The smallest absolute Gasteiger partial charge is 0.0928 e. The fraction of sp³-hybridized carbons (Fsp3) is 0.647. The van der Waals surface area contributed by atoms with E-state index in [-0.39, 0.29) is 0 Å². The van der Waals surface area contributed by atoms with Gasteiger partial charge in [0.15, 0.2) is 0 Å². The predicted octanol–water partition coefficient (Wildman–Crippen LogP) is 3.79. The Hall–Kier alpha value is -0.570. The topological polar surface area (TPSA) is 32.3 Å². The fourth-order valence-corrected chi connectivity index (χ4v) is 4.47. The molecule has 2 bridgehead atoms. The highest BCUT2D eigenvalue weighted by molar-refractivity contribution is 6.31. The largest absolute Gasteiger partial charge is 0.387 e. The summed E-state index contributed by atoms with van der Waals surface area (Å²) < 4.78 is 0. The second-order valence-corrected chi connectivity index (χ2v) is 6.98. The fourth-order valence-electron chi connectivity index (χ4n) is 4.21. The lowest BCUT2D eigenvalue weighted by molar-refractivity contribution is 0.158. The molecule has 1 aromatic carbocycles. The maximum absolute atomic E-state index is 10.3. The van der Waals surface area contributed by atoms with Crippen molar-refractivity contribution < 1.29 is 5.11 Å². The van der Waals surface area contributed by atoms with Gasteiger partial charge in [0.2, 0.25) is 0 Å². The summed E-state index contributed by atoms with van der Waals surface area (Å²) in [4.78, 5) is 0. The van der Waals surface area contributed by atoms with Crippen molar-refractivity contribution in [2.45, 2.75) is 44.8 Å². The first-order valence-corrected chi connectivity index (χ1v) is 8.19. The number of hydrogen-bond donors (Lipinski definition) is 2. The van der Waals surface area contributed by atoms with E-state index in [1.165, 1.54) is 25.7 Å². The van der Waals surface area contributed by atoms with Crippen LogP contribution < -0.4 is 5.32 Å². The number of aliphatic hydroxyl groups is 1. The molecule has 5 unspecified atom stereocenters. The van der Waals surface area contributed by atoms with Crippen LogP contribution in [0.15, 0.2) is 24.3 Å². The van der Waals surface area contributed by atoms with Crippen LogP contribution in [-0.4, -0.2) is 17.7 Å². The number of benzene rings is 1. The molecule has 110 valence electrons. The first kappa shape index (κ1) is 14.4. The highest BCUT2D eigenvalue weighted by atomic mass is 35.5. The summed E-state index contributed by atoms with van der Waals surface area (Å²) in [7, 11) is 0. The van der Waals surface area contributed by atoms with Crippen LogP contribution in [-0.2, 0) is 0 Å². The molecule has 20 heavy (non-hydrogen) atoms. The zero-order valence-electron chi connectivity index (χ0n) is 12.1. The summed E-state index contributed by atoms with van der Waals surface area (Å²) in [5.74, 6) is 2.69. The zero-order valence-corrected chi connectivity index (χ0v) is 12.8. The highest BCUT2D eigenvalue weighted by Crippen LogP contribution is 2.49. The molecule has 0 spiro atoms. The van der Waals surface area contributed by atoms with Gasteiger partial charge < -0.3 is 10.4 Å². The minimum atomic E-state index is -0.523. The Morgan fingerprint density at radius 2 is 2.10 bits per heavy atom. The van der Waals surface area contributed by atoms with Crippen LogP contribution >= 0.6 is 11.6 Å². The van der Waals surface area contributed by atoms with Crippen LogP contribution in [0.3, 0.4) is 0 Å². The number of hydrogen-bond acceptors (Lipinski definition) is 2. The van der Waals surface area contributed by atoms with Crippen LogP contribution in [0.5, 0.6) is 0 Å². The van der Waals surface area contributed by atoms with Gasteiger partial charge in [-0.2, -0.15) is 0 Å². The van der Waals surface area contributed by atoms with E-state index in [1.807, 2.05) is 24.3 Å². The Kier molecular flexibility index (Phi) is 4.34. The third-order valence-corrected chi connectivity index (χ3v) is 5.68. The Labute approximate surface area is 126 Å². The number of aliphatic hydroxyl groups excluding tert-OH is 1. The molecule has 2 nitrogen and oxygen atoms in total. The minimum Gasteiger partial charge on any atom is -0.387 e. The molecule has 1 aromatic rings. The van der Waals surface area contributed by atoms with Gasteiger partial charge in [-0.3, -0.25) is 0 Å². The maximum atomic E-state index is 10.3. The summed E-state index contributed by atoms with van der Waals surface area (Å²) in [6.45, 7) is 2.85. The summed E-state index contributed by atoms with van der Waals surface area (Å²) in [5, 5.41) is 14.5. The van der Waals surface area contributed by atoms with E-state index in [1.54, 1.807) is 0 Å². The lowest BCUT2D eigenvalue weighted by Gasteiger charge is -2.29. The summed E-state index contributed by atoms with van der Waals surface area (Å²) in [6, 6.07) is 8.03. The van der Waals surface area contributed by atoms with Crippen LogP contribution in [0, 0.1) is 17.8 Å². The van der Waals surface area contributed by atoms with E-state index >= 15 is 0 Å². The molecular weight excluding hydrogens is 270 g/mol. The molecule has 3 rings (SSSR count). The average molecular weight is 294 g/mol. The van der Waals surface area contributed by atoms with Crippen LogP contribution in [0.1, 0.15) is 44.3 Å². The number of fused-ring (bicyclic) bond motifs is 2. The van der Waals surface area contributed by atoms with Crippen LogP contribution in [0.4, 0.5) is 0 Å². The van der Waals surface area contributed by atoms with Crippen molar-refractivity contribution in [1.29, 1.82) is 0 Å². The molecule has 0 saturated heterocycles. The second kappa shape index (κ2) is 6.05. The van der Waals surface area contributed by atoms with Crippen molar-refractivity contribution in [2.24, 2.45) is 17.8 Å². The zero-order chi connectivity index (χ0) is 14.1. The Bertz CT molecular complexity index is 464. The molecule has 2 fully saturated rings. The monoisotopic (exact) mass is 293 g/mol. The van der Waals surface area contributed by atoms with Gasteiger partial charge in [0.1, 0.15) is 0 Å². The van der Waals surface area contributed by atoms with Gasteiger partial charge in [-0.05, 0) is 50.0 Å².